The Morgan fingerprint density at radius 3 is 2.56 bits per heavy atom. The molecule has 5 heteroatoms. The van der Waals surface area contributed by atoms with E-state index in [-0.39, 0.29) is 11.8 Å². The fraction of sp³-hybridized carbons (Fsp3) is 0.818. The Morgan fingerprint density at radius 2 is 1.94 bits per heavy atom. The van der Waals surface area contributed by atoms with E-state index in [1.54, 1.807) is 7.05 Å². The fourth-order valence-electron chi connectivity index (χ4n) is 1.86. The number of carbonyl (C=O) groups is 2. The lowest BCUT2D eigenvalue weighted by molar-refractivity contribution is -0.122. The van der Waals surface area contributed by atoms with Crippen molar-refractivity contribution >= 4 is 11.8 Å². The minimum atomic E-state index is -0.0397. The van der Waals surface area contributed by atoms with Gasteiger partial charge in [-0.15, -0.1) is 0 Å². The van der Waals surface area contributed by atoms with Crippen LogP contribution in [0.25, 0.3) is 0 Å². The van der Waals surface area contributed by atoms with Gasteiger partial charge in [-0.1, -0.05) is 0 Å². The molecule has 0 aromatic carbocycles. The molecule has 16 heavy (non-hydrogen) atoms. The maximum atomic E-state index is 11.5. The summed E-state index contributed by atoms with van der Waals surface area (Å²) < 4.78 is 0. The molecule has 0 atom stereocenters. The Bertz CT molecular complexity index is 237. The van der Waals surface area contributed by atoms with Crippen LogP contribution >= 0.6 is 0 Å². The second-order valence-electron chi connectivity index (χ2n) is 4.17. The summed E-state index contributed by atoms with van der Waals surface area (Å²) in [6, 6.07) is 0. The molecule has 0 aromatic rings. The van der Waals surface area contributed by atoms with E-state index < -0.39 is 0 Å². The molecule has 0 aromatic heterocycles. The molecular formula is C11H21N3O2. The lowest BCUT2D eigenvalue weighted by atomic mass is 9.94. The van der Waals surface area contributed by atoms with Gasteiger partial charge in [0.1, 0.15) is 0 Å². The summed E-state index contributed by atoms with van der Waals surface area (Å²) >= 11 is 0. The average molecular weight is 227 g/mol. The first-order valence-corrected chi connectivity index (χ1v) is 5.90. The molecule has 0 spiro atoms. The van der Waals surface area contributed by atoms with Gasteiger partial charge in [0.15, 0.2) is 0 Å². The van der Waals surface area contributed by atoms with Crippen molar-refractivity contribution in [1.82, 2.24) is 16.0 Å². The van der Waals surface area contributed by atoms with Crippen LogP contribution in [0.1, 0.15) is 25.7 Å². The van der Waals surface area contributed by atoms with Gasteiger partial charge in [0, 0.05) is 26.4 Å². The largest absolute Gasteiger partial charge is 0.359 e. The van der Waals surface area contributed by atoms with E-state index in [1.807, 2.05) is 0 Å². The molecule has 1 aliphatic heterocycles. The number of nitrogens with one attached hydrogen (secondary N) is 3. The van der Waals surface area contributed by atoms with Gasteiger partial charge in [0.05, 0.1) is 0 Å². The molecule has 0 bridgehead atoms. The fourth-order valence-corrected chi connectivity index (χ4v) is 1.86. The zero-order valence-electron chi connectivity index (χ0n) is 9.84. The van der Waals surface area contributed by atoms with Crippen molar-refractivity contribution < 1.29 is 9.59 Å². The summed E-state index contributed by atoms with van der Waals surface area (Å²) in [6.07, 6.45) is 3.09. The number of rotatable bonds is 5. The van der Waals surface area contributed by atoms with E-state index in [4.69, 9.17) is 0 Å². The maximum Gasteiger partial charge on any atom is 0.221 e. The predicted molar refractivity (Wildman–Crippen MR) is 61.9 cm³/mol. The van der Waals surface area contributed by atoms with Gasteiger partial charge in [-0.05, 0) is 31.8 Å². The molecule has 1 fully saturated rings. The van der Waals surface area contributed by atoms with Crippen LogP contribution in [0, 0.1) is 5.92 Å². The van der Waals surface area contributed by atoms with Crippen LogP contribution in [0.3, 0.4) is 0 Å². The third-order valence-electron chi connectivity index (χ3n) is 2.89. The van der Waals surface area contributed by atoms with Crippen LogP contribution in [0.2, 0.25) is 0 Å². The molecule has 1 saturated heterocycles. The lowest BCUT2D eigenvalue weighted by Gasteiger charge is -2.21. The van der Waals surface area contributed by atoms with Crippen LogP contribution in [-0.2, 0) is 9.59 Å². The molecule has 1 rings (SSSR count). The third kappa shape index (κ3) is 5.11. The van der Waals surface area contributed by atoms with Crippen molar-refractivity contribution in [2.24, 2.45) is 5.92 Å². The van der Waals surface area contributed by atoms with Crippen molar-refractivity contribution in [3.8, 4) is 0 Å². The SMILES string of the molecule is CNC(=O)CCNC(=O)CC1CCNCC1. The minimum absolute atomic E-state index is 0.0397. The molecule has 1 aliphatic rings. The van der Waals surface area contributed by atoms with E-state index in [0.717, 1.165) is 25.9 Å². The van der Waals surface area contributed by atoms with Gasteiger partial charge in [-0.2, -0.15) is 0 Å². The zero-order chi connectivity index (χ0) is 11.8. The van der Waals surface area contributed by atoms with Crippen LogP contribution in [0.4, 0.5) is 0 Å². The molecule has 0 unspecified atom stereocenters. The van der Waals surface area contributed by atoms with Crippen LogP contribution in [-0.4, -0.2) is 38.5 Å². The third-order valence-corrected chi connectivity index (χ3v) is 2.89. The highest BCUT2D eigenvalue weighted by Crippen LogP contribution is 2.15. The van der Waals surface area contributed by atoms with Gasteiger partial charge in [0.2, 0.25) is 11.8 Å². The molecule has 0 saturated carbocycles. The summed E-state index contributed by atoms with van der Waals surface area (Å²) in [7, 11) is 1.60. The van der Waals surface area contributed by atoms with Crippen LogP contribution < -0.4 is 16.0 Å². The predicted octanol–water partition coefficient (Wildman–Crippen LogP) is -0.372. The first kappa shape index (κ1) is 13.0. The summed E-state index contributed by atoms with van der Waals surface area (Å²) in [5, 5.41) is 8.57. The number of piperidine rings is 1. The summed E-state index contributed by atoms with van der Waals surface area (Å²) in [6.45, 7) is 2.45. The molecular weight excluding hydrogens is 206 g/mol. The molecule has 2 amide bonds. The van der Waals surface area contributed by atoms with Crippen molar-refractivity contribution in [1.29, 1.82) is 0 Å². The van der Waals surface area contributed by atoms with Gasteiger partial charge < -0.3 is 16.0 Å². The molecule has 0 aliphatic carbocycles. The molecule has 5 nitrogen and oxygen atoms in total. The first-order chi connectivity index (χ1) is 7.72. The second-order valence-corrected chi connectivity index (χ2v) is 4.17. The van der Waals surface area contributed by atoms with Crippen molar-refractivity contribution in [2.45, 2.75) is 25.7 Å². The van der Waals surface area contributed by atoms with Crippen LogP contribution in [0.15, 0.2) is 0 Å². The van der Waals surface area contributed by atoms with Gasteiger partial charge in [-0.25, -0.2) is 0 Å². The number of hydrogen-bond acceptors (Lipinski definition) is 3. The van der Waals surface area contributed by atoms with Crippen molar-refractivity contribution in [3.63, 3.8) is 0 Å². The van der Waals surface area contributed by atoms with Gasteiger partial charge >= 0.3 is 0 Å². The van der Waals surface area contributed by atoms with Crippen LogP contribution in [0.5, 0.6) is 0 Å². The van der Waals surface area contributed by atoms with E-state index in [1.165, 1.54) is 0 Å². The summed E-state index contributed by atoms with van der Waals surface area (Å²) in [5.74, 6) is 0.527. The first-order valence-electron chi connectivity index (χ1n) is 5.90. The number of amides is 2. The Balaban J connectivity index is 2.08. The van der Waals surface area contributed by atoms with Crippen molar-refractivity contribution in [3.05, 3.63) is 0 Å². The topological polar surface area (TPSA) is 70.2 Å². The Hall–Kier alpha value is -1.10. The standard InChI is InChI=1S/C11H21N3O2/c1-12-10(15)4-7-14-11(16)8-9-2-5-13-6-3-9/h9,13H,2-8H2,1H3,(H,12,15)(H,14,16). The molecule has 0 radical (unpaired) electrons. The zero-order valence-corrected chi connectivity index (χ0v) is 9.84. The van der Waals surface area contributed by atoms with Crippen molar-refractivity contribution in [2.75, 3.05) is 26.7 Å². The van der Waals surface area contributed by atoms with E-state index >= 15 is 0 Å². The maximum absolute atomic E-state index is 11.5. The quantitative estimate of drug-likeness (QED) is 0.600. The smallest absolute Gasteiger partial charge is 0.221 e. The Morgan fingerprint density at radius 1 is 1.25 bits per heavy atom. The summed E-state index contributed by atoms with van der Waals surface area (Å²) in [5.41, 5.74) is 0. The van der Waals surface area contributed by atoms with Gasteiger partial charge in [-0.3, -0.25) is 9.59 Å². The highest BCUT2D eigenvalue weighted by Gasteiger charge is 2.16. The number of hydrogen-bond donors (Lipinski definition) is 3. The molecule has 3 N–H and O–H groups in total. The number of carbonyl (C=O) groups excluding carboxylic acids is 2. The Labute approximate surface area is 96.4 Å². The minimum Gasteiger partial charge on any atom is -0.359 e. The average Bonchev–Trinajstić information content (AvgIpc) is 2.30. The lowest BCUT2D eigenvalue weighted by Crippen LogP contribution is -2.33. The van der Waals surface area contributed by atoms with E-state index in [9.17, 15) is 9.59 Å². The molecule has 1 heterocycles. The highest BCUT2D eigenvalue weighted by atomic mass is 16.2. The highest BCUT2D eigenvalue weighted by molar-refractivity contribution is 5.78. The second kappa shape index (κ2) is 7.22. The monoisotopic (exact) mass is 227 g/mol. The van der Waals surface area contributed by atoms with E-state index in [2.05, 4.69) is 16.0 Å². The summed E-state index contributed by atoms with van der Waals surface area (Å²) in [4.78, 5) is 22.4. The molecule has 92 valence electrons. The normalized spacial score (nSPS) is 16.8. The Kier molecular flexibility index (Phi) is 5.85. The van der Waals surface area contributed by atoms with E-state index in [0.29, 0.717) is 25.3 Å². The van der Waals surface area contributed by atoms with Gasteiger partial charge in [0.25, 0.3) is 0 Å².